The third-order valence-corrected chi connectivity index (χ3v) is 3.97. The minimum Gasteiger partial charge on any atom is -0.331 e. The molecule has 0 fully saturated rings. The highest BCUT2D eigenvalue weighted by atomic mass is 32.1. The molecule has 0 aromatic heterocycles. The van der Waals surface area contributed by atoms with Crippen LogP contribution in [0.3, 0.4) is 0 Å². The Morgan fingerprint density at radius 3 is 2.29 bits per heavy atom. The molecular weight excluding hydrogens is 318 g/mol. The van der Waals surface area contributed by atoms with Crippen LogP contribution in [0.25, 0.3) is 0 Å². The van der Waals surface area contributed by atoms with Crippen molar-refractivity contribution in [1.29, 1.82) is 0 Å². The Balaban J connectivity index is 1.90. The maximum absolute atomic E-state index is 12.2. The van der Waals surface area contributed by atoms with Crippen molar-refractivity contribution in [3.63, 3.8) is 0 Å². The summed E-state index contributed by atoms with van der Waals surface area (Å²) in [5.41, 5.74) is 10.1. The third-order valence-electron chi connectivity index (χ3n) is 3.76. The van der Waals surface area contributed by atoms with Crippen LogP contribution in [-0.2, 0) is 0 Å². The van der Waals surface area contributed by atoms with Crippen molar-refractivity contribution in [3.05, 3.63) is 64.7 Å². The summed E-state index contributed by atoms with van der Waals surface area (Å²) in [7, 11) is 0. The van der Waals surface area contributed by atoms with E-state index in [-0.39, 0.29) is 5.91 Å². The lowest BCUT2D eigenvalue weighted by Crippen LogP contribution is -2.44. The number of aryl methyl sites for hydroxylation is 2. The second-order valence-corrected chi connectivity index (χ2v) is 6.54. The molecule has 0 saturated heterocycles. The molecule has 0 aliphatic heterocycles. The third kappa shape index (κ3) is 4.80. The van der Waals surface area contributed by atoms with Crippen LogP contribution >= 0.6 is 12.2 Å². The summed E-state index contributed by atoms with van der Waals surface area (Å²) < 4.78 is 0. The number of hydrogen-bond acceptors (Lipinski definition) is 2. The van der Waals surface area contributed by atoms with E-state index in [2.05, 4.69) is 42.1 Å². The van der Waals surface area contributed by atoms with Crippen molar-refractivity contribution in [1.82, 2.24) is 10.9 Å². The molecule has 5 heteroatoms. The van der Waals surface area contributed by atoms with Gasteiger partial charge in [-0.25, -0.2) is 0 Å². The number of carbonyl (C=O) groups excluding carboxylic acids is 1. The van der Waals surface area contributed by atoms with Crippen molar-refractivity contribution in [3.8, 4) is 0 Å². The number of hydrazine groups is 1. The van der Waals surface area contributed by atoms with Crippen LogP contribution in [0.4, 0.5) is 5.69 Å². The first kappa shape index (κ1) is 17.9. The van der Waals surface area contributed by atoms with E-state index in [0.717, 1.165) is 16.8 Å². The van der Waals surface area contributed by atoms with E-state index >= 15 is 0 Å². The van der Waals surface area contributed by atoms with Crippen LogP contribution in [0.2, 0.25) is 0 Å². The second-order valence-electron chi connectivity index (χ2n) is 6.13. The fraction of sp³-hybridized carbons (Fsp3) is 0.263. The summed E-state index contributed by atoms with van der Waals surface area (Å²) in [6.07, 6.45) is 0. The maximum Gasteiger partial charge on any atom is 0.269 e. The van der Waals surface area contributed by atoms with Gasteiger partial charge in [-0.05, 0) is 61.3 Å². The van der Waals surface area contributed by atoms with Crippen LogP contribution in [-0.4, -0.2) is 11.0 Å². The predicted molar refractivity (Wildman–Crippen MR) is 103 cm³/mol. The van der Waals surface area contributed by atoms with Crippen LogP contribution in [0.15, 0.2) is 42.5 Å². The monoisotopic (exact) mass is 341 g/mol. The normalized spacial score (nSPS) is 10.4. The minimum absolute atomic E-state index is 0.212. The fourth-order valence-electron chi connectivity index (χ4n) is 2.28. The molecule has 0 bridgehead atoms. The first-order valence-electron chi connectivity index (χ1n) is 7.91. The minimum atomic E-state index is -0.212. The number of carbonyl (C=O) groups is 1. The Bertz CT molecular complexity index is 739. The van der Waals surface area contributed by atoms with E-state index in [1.165, 1.54) is 5.56 Å². The van der Waals surface area contributed by atoms with Gasteiger partial charge in [0.25, 0.3) is 5.91 Å². The lowest BCUT2D eigenvalue weighted by molar-refractivity contribution is 0.0943. The Labute approximate surface area is 148 Å². The molecule has 0 unspecified atom stereocenters. The summed E-state index contributed by atoms with van der Waals surface area (Å²) in [5, 5.41) is 3.39. The number of rotatable bonds is 3. The van der Waals surface area contributed by atoms with Gasteiger partial charge in [0, 0.05) is 11.3 Å². The van der Waals surface area contributed by atoms with Gasteiger partial charge < -0.3 is 5.32 Å². The van der Waals surface area contributed by atoms with E-state index in [1.54, 1.807) is 0 Å². The van der Waals surface area contributed by atoms with Crippen molar-refractivity contribution >= 4 is 28.9 Å². The van der Waals surface area contributed by atoms with Crippen molar-refractivity contribution in [2.24, 2.45) is 0 Å². The van der Waals surface area contributed by atoms with E-state index in [0.29, 0.717) is 16.6 Å². The molecule has 0 radical (unpaired) electrons. The molecule has 3 N–H and O–H groups in total. The number of amides is 1. The molecule has 0 aliphatic rings. The molecule has 0 saturated carbocycles. The average Bonchev–Trinajstić information content (AvgIpc) is 2.55. The molecule has 4 nitrogen and oxygen atoms in total. The molecule has 2 aromatic rings. The molecule has 1 amide bonds. The van der Waals surface area contributed by atoms with Crippen molar-refractivity contribution < 1.29 is 4.79 Å². The molecule has 0 aliphatic carbocycles. The number of anilines is 1. The largest absolute Gasteiger partial charge is 0.331 e. The first-order chi connectivity index (χ1) is 11.4. The predicted octanol–water partition coefficient (Wildman–Crippen LogP) is 4.06. The topological polar surface area (TPSA) is 53.2 Å². The lowest BCUT2D eigenvalue weighted by Gasteiger charge is -2.13. The van der Waals surface area contributed by atoms with Gasteiger partial charge in [0.1, 0.15) is 0 Å². The van der Waals surface area contributed by atoms with Gasteiger partial charge in [-0.2, -0.15) is 0 Å². The zero-order valence-electron chi connectivity index (χ0n) is 14.4. The molecule has 2 rings (SSSR count). The Morgan fingerprint density at radius 1 is 1.00 bits per heavy atom. The zero-order valence-corrected chi connectivity index (χ0v) is 15.3. The average molecular weight is 341 g/mol. The smallest absolute Gasteiger partial charge is 0.269 e. The van der Waals surface area contributed by atoms with Crippen molar-refractivity contribution in [2.75, 3.05) is 5.32 Å². The Morgan fingerprint density at radius 2 is 1.67 bits per heavy atom. The second kappa shape index (κ2) is 7.93. The highest BCUT2D eigenvalue weighted by Gasteiger charge is 2.09. The summed E-state index contributed by atoms with van der Waals surface area (Å²) in [6.45, 7) is 8.16. The lowest BCUT2D eigenvalue weighted by atomic mass is 10.0. The molecule has 0 spiro atoms. The van der Waals surface area contributed by atoms with Gasteiger partial charge in [-0.15, -0.1) is 0 Å². The molecule has 24 heavy (non-hydrogen) atoms. The van der Waals surface area contributed by atoms with Crippen LogP contribution < -0.4 is 16.2 Å². The fourth-order valence-corrected chi connectivity index (χ4v) is 2.44. The highest BCUT2D eigenvalue weighted by molar-refractivity contribution is 7.80. The summed E-state index contributed by atoms with van der Waals surface area (Å²) >= 11 is 5.21. The van der Waals surface area contributed by atoms with Crippen molar-refractivity contribution in [2.45, 2.75) is 33.6 Å². The standard InChI is InChI=1S/C19H23N3OS/c1-12(2)15-7-9-16(10-8-15)20-19(24)22-21-18(23)17-11-13(3)5-6-14(17)4/h5-12H,1-4H3,(H,21,23)(H2,20,22,24). The summed E-state index contributed by atoms with van der Waals surface area (Å²) in [5.74, 6) is 0.275. The number of nitrogens with one attached hydrogen (secondary N) is 3. The molecule has 0 heterocycles. The van der Waals surface area contributed by atoms with E-state index in [1.807, 2.05) is 44.2 Å². The Kier molecular flexibility index (Phi) is 5.93. The van der Waals surface area contributed by atoms with Gasteiger partial charge >= 0.3 is 0 Å². The summed E-state index contributed by atoms with van der Waals surface area (Å²) in [4.78, 5) is 12.2. The van der Waals surface area contributed by atoms with Gasteiger partial charge in [-0.3, -0.25) is 15.6 Å². The van der Waals surface area contributed by atoms with E-state index in [4.69, 9.17) is 12.2 Å². The summed E-state index contributed by atoms with van der Waals surface area (Å²) in [6, 6.07) is 13.8. The van der Waals surface area contributed by atoms with Crippen LogP contribution in [0, 0.1) is 13.8 Å². The van der Waals surface area contributed by atoms with Gasteiger partial charge in [0.05, 0.1) is 0 Å². The maximum atomic E-state index is 12.2. The Hall–Kier alpha value is -2.40. The first-order valence-corrected chi connectivity index (χ1v) is 8.32. The molecule has 0 atom stereocenters. The number of hydrogen-bond donors (Lipinski definition) is 3. The van der Waals surface area contributed by atoms with Crippen LogP contribution in [0.1, 0.15) is 46.8 Å². The molecule has 126 valence electrons. The molecule has 2 aromatic carbocycles. The van der Waals surface area contributed by atoms with Crippen LogP contribution in [0.5, 0.6) is 0 Å². The molecular formula is C19H23N3OS. The van der Waals surface area contributed by atoms with E-state index < -0.39 is 0 Å². The number of thiocarbonyl (C=S) groups is 1. The number of benzene rings is 2. The highest BCUT2D eigenvalue weighted by Crippen LogP contribution is 2.17. The zero-order chi connectivity index (χ0) is 17.7. The van der Waals surface area contributed by atoms with Gasteiger partial charge in [-0.1, -0.05) is 43.7 Å². The van der Waals surface area contributed by atoms with E-state index in [9.17, 15) is 4.79 Å². The van der Waals surface area contributed by atoms with Gasteiger partial charge in [0.2, 0.25) is 0 Å². The quantitative estimate of drug-likeness (QED) is 0.582. The SMILES string of the molecule is Cc1ccc(C)c(C(=O)NNC(=S)Nc2ccc(C(C)C)cc2)c1. The van der Waals surface area contributed by atoms with Gasteiger partial charge in [0.15, 0.2) is 5.11 Å².